The summed E-state index contributed by atoms with van der Waals surface area (Å²) in [7, 11) is -3.14. The van der Waals surface area contributed by atoms with Crippen LogP contribution in [0.2, 0.25) is 0 Å². The molecule has 0 radical (unpaired) electrons. The van der Waals surface area contributed by atoms with Crippen molar-refractivity contribution in [1.82, 2.24) is 14.3 Å². The Morgan fingerprint density at radius 2 is 1.83 bits per heavy atom. The molecule has 1 fully saturated rings. The molecule has 96 valence electrons. The van der Waals surface area contributed by atoms with Crippen LogP contribution in [0.15, 0.2) is 12.4 Å². The normalized spacial score (nSPS) is 17.4. The van der Waals surface area contributed by atoms with Crippen molar-refractivity contribution in [2.24, 2.45) is 0 Å². The number of aromatic nitrogens is 2. The van der Waals surface area contributed by atoms with Crippen LogP contribution in [0, 0.1) is 11.3 Å². The molecule has 1 aliphatic rings. The highest BCUT2D eigenvalue weighted by Crippen LogP contribution is 2.16. The average molecular weight is 267 g/mol. The predicted octanol–water partition coefficient (Wildman–Crippen LogP) is -0.570. The van der Waals surface area contributed by atoms with Crippen molar-refractivity contribution < 1.29 is 8.42 Å². The Morgan fingerprint density at radius 1 is 1.22 bits per heavy atom. The van der Waals surface area contributed by atoms with Crippen LogP contribution in [0.1, 0.15) is 5.69 Å². The second-order valence-electron chi connectivity index (χ2n) is 3.99. The molecule has 1 aliphatic heterocycles. The summed E-state index contributed by atoms with van der Waals surface area (Å²) in [5.41, 5.74) is 0.269. The summed E-state index contributed by atoms with van der Waals surface area (Å²) in [6.07, 6.45) is 4.19. The largest absolute Gasteiger partial charge is 0.352 e. The van der Waals surface area contributed by atoms with Crippen molar-refractivity contribution in [3.05, 3.63) is 18.1 Å². The van der Waals surface area contributed by atoms with Crippen LogP contribution in [0.5, 0.6) is 0 Å². The van der Waals surface area contributed by atoms with Crippen LogP contribution in [0.4, 0.5) is 5.82 Å². The van der Waals surface area contributed by atoms with Gasteiger partial charge < -0.3 is 4.90 Å². The molecule has 8 heteroatoms. The highest BCUT2D eigenvalue weighted by Gasteiger charge is 2.25. The first-order valence-electron chi connectivity index (χ1n) is 5.43. The van der Waals surface area contributed by atoms with E-state index < -0.39 is 10.0 Å². The molecule has 0 aliphatic carbocycles. The Kier molecular flexibility index (Phi) is 3.45. The van der Waals surface area contributed by atoms with Gasteiger partial charge in [0, 0.05) is 38.6 Å². The van der Waals surface area contributed by atoms with Crippen LogP contribution in [0.3, 0.4) is 0 Å². The minimum atomic E-state index is -3.14. The zero-order valence-corrected chi connectivity index (χ0v) is 10.8. The molecule has 0 atom stereocenters. The van der Waals surface area contributed by atoms with E-state index in [1.807, 2.05) is 11.0 Å². The highest BCUT2D eigenvalue weighted by atomic mass is 32.2. The molecule has 1 saturated heterocycles. The summed E-state index contributed by atoms with van der Waals surface area (Å²) in [6, 6.07) is 1.99. The lowest BCUT2D eigenvalue weighted by molar-refractivity contribution is 0.386. The quantitative estimate of drug-likeness (QED) is 0.712. The molecule has 2 rings (SSSR count). The van der Waals surface area contributed by atoms with Crippen molar-refractivity contribution in [1.29, 1.82) is 5.26 Å². The fourth-order valence-electron chi connectivity index (χ4n) is 1.87. The van der Waals surface area contributed by atoms with Crippen molar-refractivity contribution in [3.63, 3.8) is 0 Å². The number of piperazine rings is 1. The Bertz CT molecular complexity index is 572. The number of nitrogens with zero attached hydrogens (tertiary/aromatic N) is 5. The number of rotatable bonds is 2. The molecule has 0 aromatic carbocycles. The van der Waals surface area contributed by atoms with Gasteiger partial charge in [-0.15, -0.1) is 0 Å². The molecule has 2 heterocycles. The first kappa shape index (κ1) is 12.7. The fourth-order valence-corrected chi connectivity index (χ4v) is 2.70. The van der Waals surface area contributed by atoms with Gasteiger partial charge in [-0.1, -0.05) is 0 Å². The van der Waals surface area contributed by atoms with Gasteiger partial charge in [-0.3, -0.25) is 0 Å². The second-order valence-corrected chi connectivity index (χ2v) is 5.97. The smallest absolute Gasteiger partial charge is 0.211 e. The third kappa shape index (κ3) is 2.57. The molecular weight excluding hydrogens is 254 g/mol. The molecule has 7 nitrogen and oxygen atoms in total. The van der Waals surface area contributed by atoms with Gasteiger partial charge in [0.25, 0.3) is 0 Å². The number of nitriles is 1. The molecule has 0 bridgehead atoms. The minimum Gasteiger partial charge on any atom is -0.352 e. The van der Waals surface area contributed by atoms with E-state index >= 15 is 0 Å². The summed E-state index contributed by atoms with van der Waals surface area (Å²) in [5.74, 6) is 0.521. The van der Waals surface area contributed by atoms with E-state index in [2.05, 4.69) is 9.97 Å². The summed E-state index contributed by atoms with van der Waals surface area (Å²) in [6.45, 7) is 1.83. The first-order valence-corrected chi connectivity index (χ1v) is 7.28. The van der Waals surface area contributed by atoms with Crippen LogP contribution in [-0.2, 0) is 10.0 Å². The molecule has 1 aromatic rings. The van der Waals surface area contributed by atoms with E-state index in [0.29, 0.717) is 32.0 Å². The Balaban J connectivity index is 2.13. The van der Waals surface area contributed by atoms with Gasteiger partial charge >= 0.3 is 0 Å². The van der Waals surface area contributed by atoms with Gasteiger partial charge in [0.15, 0.2) is 11.5 Å². The lowest BCUT2D eigenvalue weighted by Gasteiger charge is -2.33. The SMILES string of the molecule is CS(=O)(=O)N1CCN(c2nccnc2C#N)CC1. The number of hydrogen-bond acceptors (Lipinski definition) is 6. The van der Waals surface area contributed by atoms with E-state index in [1.165, 1.54) is 23.0 Å². The Morgan fingerprint density at radius 3 is 2.39 bits per heavy atom. The maximum absolute atomic E-state index is 11.4. The standard InChI is InChI=1S/C10H13N5O2S/c1-18(16,17)15-6-4-14(5-7-15)10-9(8-11)12-2-3-13-10/h2-3H,4-7H2,1H3. The summed E-state index contributed by atoms with van der Waals surface area (Å²) in [4.78, 5) is 9.96. The van der Waals surface area contributed by atoms with Crippen molar-refractivity contribution >= 4 is 15.8 Å². The van der Waals surface area contributed by atoms with Crippen molar-refractivity contribution in [3.8, 4) is 6.07 Å². The van der Waals surface area contributed by atoms with E-state index in [0.717, 1.165) is 0 Å². The van der Waals surface area contributed by atoms with Crippen LogP contribution >= 0.6 is 0 Å². The average Bonchev–Trinajstić information content (AvgIpc) is 2.38. The zero-order valence-electron chi connectivity index (χ0n) is 9.94. The van der Waals surface area contributed by atoms with E-state index in [4.69, 9.17) is 5.26 Å². The van der Waals surface area contributed by atoms with Gasteiger partial charge in [0.1, 0.15) is 6.07 Å². The monoisotopic (exact) mass is 267 g/mol. The molecule has 0 N–H and O–H groups in total. The van der Waals surface area contributed by atoms with Gasteiger partial charge in [-0.25, -0.2) is 18.4 Å². The maximum atomic E-state index is 11.4. The maximum Gasteiger partial charge on any atom is 0.211 e. The fraction of sp³-hybridized carbons (Fsp3) is 0.500. The number of anilines is 1. The van der Waals surface area contributed by atoms with Crippen LogP contribution < -0.4 is 4.90 Å². The molecule has 0 amide bonds. The molecular formula is C10H13N5O2S. The first-order chi connectivity index (χ1) is 8.52. The zero-order chi connectivity index (χ0) is 13.2. The van der Waals surface area contributed by atoms with E-state index in [1.54, 1.807) is 0 Å². The topological polar surface area (TPSA) is 90.2 Å². The van der Waals surface area contributed by atoms with E-state index in [9.17, 15) is 8.42 Å². The van der Waals surface area contributed by atoms with Gasteiger partial charge in [0.05, 0.1) is 6.26 Å². The van der Waals surface area contributed by atoms with E-state index in [-0.39, 0.29) is 5.69 Å². The molecule has 1 aromatic heterocycles. The van der Waals surface area contributed by atoms with Crippen molar-refractivity contribution in [2.75, 3.05) is 37.3 Å². The van der Waals surface area contributed by atoms with Crippen LogP contribution in [-0.4, -0.2) is 55.1 Å². The lowest BCUT2D eigenvalue weighted by Crippen LogP contribution is -2.48. The second kappa shape index (κ2) is 4.88. The minimum absolute atomic E-state index is 0.269. The Labute approximate surface area is 106 Å². The molecule has 0 spiro atoms. The summed E-state index contributed by atoms with van der Waals surface area (Å²) >= 11 is 0. The predicted molar refractivity (Wildman–Crippen MR) is 65.4 cm³/mol. The highest BCUT2D eigenvalue weighted by molar-refractivity contribution is 7.88. The number of hydrogen-bond donors (Lipinski definition) is 0. The third-order valence-electron chi connectivity index (χ3n) is 2.79. The molecule has 18 heavy (non-hydrogen) atoms. The third-order valence-corrected chi connectivity index (χ3v) is 4.10. The Hall–Kier alpha value is -1.72. The summed E-state index contributed by atoms with van der Waals surface area (Å²) < 4.78 is 24.2. The van der Waals surface area contributed by atoms with Crippen molar-refractivity contribution in [2.45, 2.75) is 0 Å². The lowest BCUT2D eigenvalue weighted by atomic mass is 10.3. The van der Waals surface area contributed by atoms with Gasteiger partial charge in [-0.05, 0) is 0 Å². The number of sulfonamides is 1. The van der Waals surface area contributed by atoms with Crippen LogP contribution in [0.25, 0.3) is 0 Å². The summed E-state index contributed by atoms with van der Waals surface area (Å²) in [5, 5.41) is 8.94. The van der Waals surface area contributed by atoms with Gasteiger partial charge in [-0.2, -0.15) is 9.57 Å². The molecule has 0 unspecified atom stereocenters. The van der Waals surface area contributed by atoms with Gasteiger partial charge in [0.2, 0.25) is 10.0 Å². The molecule has 0 saturated carbocycles.